The molecule has 1 aromatic carbocycles. The van der Waals surface area contributed by atoms with Crippen LogP contribution in [-0.2, 0) is 4.79 Å². The van der Waals surface area contributed by atoms with Crippen LogP contribution in [0, 0.1) is 0 Å². The van der Waals surface area contributed by atoms with E-state index in [0.29, 0.717) is 5.02 Å². The maximum absolute atomic E-state index is 10.9. The maximum atomic E-state index is 10.9. The number of halogens is 2. The second kappa shape index (κ2) is 3.70. The average Bonchev–Trinajstić information content (AvgIpc) is 2.04. The lowest BCUT2D eigenvalue weighted by atomic mass is 10.1. The van der Waals surface area contributed by atoms with Crippen molar-refractivity contribution in [1.29, 1.82) is 0 Å². The number of carbonyl (C=O) groups is 2. The van der Waals surface area contributed by atoms with Crippen LogP contribution in [0.1, 0.15) is 10.4 Å². The number of carbonyl (C=O) groups excluding carboxylic acids is 2. The van der Waals surface area contributed by atoms with Gasteiger partial charge in [0, 0.05) is 10.6 Å². The summed E-state index contributed by atoms with van der Waals surface area (Å²) in [5.74, 6) is -0.715. The predicted octanol–water partition coefficient (Wildman–Crippen LogP) is 2.29. The molecule has 1 rings (SSSR count). The molecule has 0 heterocycles. The van der Waals surface area contributed by atoms with Crippen LogP contribution >= 0.6 is 23.2 Å². The summed E-state index contributed by atoms with van der Waals surface area (Å²) in [7, 11) is 0. The zero-order valence-electron chi connectivity index (χ0n) is 5.88. The molecule has 0 spiro atoms. The molecule has 0 atom stereocenters. The maximum Gasteiger partial charge on any atom is 0.293 e. The van der Waals surface area contributed by atoms with Crippen molar-refractivity contribution in [3.05, 3.63) is 34.9 Å². The van der Waals surface area contributed by atoms with Crippen molar-refractivity contribution >= 4 is 34.2 Å². The highest BCUT2D eigenvalue weighted by atomic mass is 35.5. The molecule has 12 heavy (non-hydrogen) atoms. The summed E-state index contributed by atoms with van der Waals surface area (Å²) in [6, 6.07) is 5.94. The Bertz CT molecular complexity index is 316. The summed E-state index contributed by atoms with van der Waals surface area (Å²) in [6.45, 7) is 0. The van der Waals surface area contributed by atoms with Crippen molar-refractivity contribution in [3.8, 4) is 0 Å². The first-order valence-electron chi connectivity index (χ1n) is 3.11. The van der Waals surface area contributed by atoms with Crippen LogP contribution < -0.4 is 0 Å². The van der Waals surface area contributed by atoms with E-state index in [0.717, 1.165) is 0 Å². The molecular formula is C8H4Cl2O2. The number of Topliss-reactive ketones (excluding diaryl/α,β-unsaturated/α-hetero) is 1. The van der Waals surface area contributed by atoms with E-state index < -0.39 is 11.0 Å². The van der Waals surface area contributed by atoms with Gasteiger partial charge in [-0.15, -0.1) is 0 Å². The third-order valence-corrected chi connectivity index (χ3v) is 1.71. The van der Waals surface area contributed by atoms with Crippen LogP contribution in [-0.4, -0.2) is 11.0 Å². The summed E-state index contributed by atoms with van der Waals surface area (Å²) in [6.07, 6.45) is 0. The van der Waals surface area contributed by atoms with Crippen molar-refractivity contribution < 1.29 is 9.59 Å². The Labute approximate surface area is 79.1 Å². The molecule has 0 amide bonds. The van der Waals surface area contributed by atoms with Gasteiger partial charge in [0.25, 0.3) is 5.24 Å². The highest BCUT2D eigenvalue weighted by Crippen LogP contribution is 2.10. The van der Waals surface area contributed by atoms with E-state index in [1.54, 1.807) is 0 Å². The van der Waals surface area contributed by atoms with Crippen molar-refractivity contribution in [3.63, 3.8) is 0 Å². The van der Waals surface area contributed by atoms with Gasteiger partial charge in [0.05, 0.1) is 0 Å². The molecule has 0 saturated carbocycles. The minimum absolute atomic E-state index is 0.249. The van der Waals surface area contributed by atoms with Crippen molar-refractivity contribution in [2.45, 2.75) is 0 Å². The Morgan fingerprint density at radius 3 is 2.00 bits per heavy atom. The summed E-state index contributed by atoms with van der Waals surface area (Å²) in [5, 5.41) is -0.481. The fourth-order valence-electron chi connectivity index (χ4n) is 0.715. The average molecular weight is 203 g/mol. The van der Waals surface area contributed by atoms with Gasteiger partial charge < -0.3 is 0 Å². The largest absolute Gasteiger partial charge is 0.293 e. The predicted molar refractivity (Wildman–Crippen MR) is 46.6 cm³/mol. The molecule has 2 nitrogen and oxygen atoms in total. The molecule has 1 aromatic rings. The lowest BCUT2D eigenvalue weighted by Gasteiger charge is -1.94. The smallest absolute Gasteiger partial charge is 0.284 e. The second-order valence-corrected chi connectivity index (χ2v) is 2.89. The molecule has 0 N–H and O–H groups in total. The number of benzene rings is 1. The molecular weight excluding hydrogens is 199 g/mol. The van der Waals surface area contributed by atoms with Crippen LogP contribution in [0.4, 0.5) is 0 Å². The summed E-state index contributed by atoms with van der Waals surface area (Å²) >= 11 is 10.5. The molecule has 0 bridgehead atoms. The molecule has 62 valence electrons. The van der Waals surface area contributed by atoms with E-state index in [2.05, 4.69) is 0 Å². The quantitative estimate of drug-likeness (QED) is 0.419. The minimum Gasteiger partial charge on any atom is -0.284 e. The minimum atomic E-state index is -0.989. The van der Waals surface area contributed by atoms with E-state index in [4.69, 9.17) is 23.2 Å². The Morgan fingerprint density at radius 2 is 1.58 bits per heavy atom. The highest BCUT2D eigenvalue weighted by Gasteiger charge is 2.12. The van der Waals surface area contributed by atoms with Gasteiger partial charge in [-0.05, 0) is 35.9 Å². The van der Waals surface area contributed by atoms with Crippen LogP contribution in [0.3, 0.4) is 0 Å². The Kier molecular flexibility index (Phi) is 2.84. The Hall–Kier alpha value is -0.860. The Balaban J connectivity index is 2.98. The van der Waals surface area contributed by atoms with Gasteiger partial charge in [0.1, 0.15) is 0 Å². The lowest BCUT2D eigenvalue weighted by Crippen LogP contribution is -2.06. The fraction of sp³-hybridized carbons (Fsp3) is 0. The van der Waals surface area contributed by atoms with E-state index in [1.165, 1.54) is 24.3 Å². The van der Waals surface area contributed by atoms with E-state index >= 15 is 0 Å². The molecule has 0 aromatic heterocycles. The van der Waals surface area contributed by atoms with Crippen LogP contribution in [0.25, 0.3) is 0 Å². The molecule has 0 radical (unpaired) electrons. The van der Waals surface area contributed by atoms with Gasteiger partial charge in [-0.25, -0.2) is 0 Å². The Morgan fingerprint density at radius 1 is 1.08 bits per heavy atom. The van der Waals surface area contributed by atoms with Crippen molar-refractivity contribution in [2.75, 3.05) is 0 Å². The SMILES string of the molecule is O=C(Cl)C(=O)c1ccc(Cl)cc1. The number of hydrogen-bond donors (Lipinski definition) is 0. The highest BCUT2D eigenvalue weighted by molar-refractivity contribution is 6.83. The summed E-state index contributed by atoms with van der Waals surface area (Å²) < 4.78 is 0. The first kappa shape index (κ1) is 9.23. The van der Waals surface area contributed by atoms with Crippen LogP contribution in [0.5, 0.6) is 0 Å². The van der Waals surface area contributed by atoms with E-state index in [9.17, 15) is 9.59 Å². The van der Waals surface area contributed by atoms with Crippen molar-refractivity contribution in [2.24, 2.45) is 0 Å². The molecule has 4 heteroatoms. The van der Waals surface area contributed by atoms with Crippen LogP contribution in [0.2, 0.25) is 5.02 Å². The molecule has 0 aliphatic carbocycles. The monoisotopic (exact) mass is 202 g/mol. The third kappa shape index (κ3) is 2.06. The molecule has 0 aliphatic rings. The van der Waals surface area contributed by atoms with Gasteiger partial charge in [0.15, 0.2) is 0 Å². The molecule has 0 aliphatic heterocycles. The molecule has 0 unspecified atom stereocenters. The lowest BCUT2D eigenvalue weighted by molar-refractivity contribution is -0.108. The number of ketones is 1. The molecule has 0 fully saturated rings. The fourth-order valence-corrected chi connectivity index (χ4v) is 0.950. The number of rotatable bonds is 2. The zero-order valence-corrected chi connectivity index (χ0v) is 7.39. The third-order valence-electron chi connectivity index (χ3n) is 1.28. The first-order valence-corrected chi connectivity index (χ1v) is 3.86. The zero-order chi connectivity index (χ0) is 9.14. The standard InChI is InChI=1S/C8H4Cl2O2/c9-6-3-1-5(2-4-6)7(11)8(10)12/h1-4H. The van der Waals surface area contributed by atoms with Gasteiger partial charge in [-0.1, -0.05) is 11.6 Å². The van der Waals surface area contributed by atoms with Gasteiger partial charge in [-0.2, -0.15) is 0 Å². The normalized spacial score (nSPS) is 9.50. The second-order valence-electron chi connectivity index (χ2n) is 2.11. The first-order chi connectivity index (χ1) is 5.61. The van der Waals surface area contributed by atoms with Gasteiger partial charge >= 0.3 is 0 Å². The molecule has 0 saturated heterocycles. The summed E-state index contributed by atoms with van der Waals surface area (Å²) in [4.78, 5) is 21.3. The van der Waals surface area contributed by atoms with E-state index in [1.807, 2.05) is 0 Å². The van der Waals surface area contributed by atoms with Gasteiger partial charge in [0.2, 0.25) is 5.78 Å². The topological polar surface area (TPSA) is 34.1 Å². The van der Waals surface area contributed by atoms with Gasteiger partial charge in [-0.3, -0.25) is 9.59 Å². The summed E-state index contributed by atoms with van der Waals surface area (Å²) in [5.41, 5.74) is 0.249. The van der Waals surface area contributed by atoms with Crippen molar-refractivity contribution in [1.82, 2.24) is 0 Å². The van der Waals surface area contributed by atoms with Crippen LogP contribution in [0.15, 0.2) is 24.3 Å². The van der Waals surface area contributed by atoms with E-state index in [-0.39, 0.29) is 5.56 Å². The number of hydrogen-bond acceptors (Lipinski definition) is 2.